The number of hydrogen-bond acceptors (Lipinski definition) is 7. The first-order valence-electron chi connectivity index (χ1n) is 12.8. The average Bonchev–Trinajstić information content (AvgIpc) is 3.51. The number of allylic oxidation sites excluding steroid dienone is 1. The number of hydrogen-bond donors (Lipinski definition) is 2. The molecule has 212 valence electrons. The summed E-state index contributed by atoms with van der Waals surface area (Å²) in [5.41, 5.74) is 4.16. The standard InChI is InChI=1S/C31H31N3O7/c1-18-6-9-22(14-19(18)2)33-29(36)28(35)32-16-25-13-12-24(41-25)15-26-27(31(38)40-5)20(3)34(30(26)37)17-21-7-10-23(39-4)11-8-21/h6-15H,16-17H2,1-5H3,(H,32,35)(H,33,36)/b26-15+. The van der Waals surface area contributed by atoms with E-state index in [0.717, 1.165) is 16.7 Å². The van der Waals surface area contributed by atoms with E-state index in [0.29, 0.717) is 22.9 Å². The predicted octanol–water partition coefficient (Wildman–Crippen LogP) is 4.03. The number of carbonyl (C=O) groups excluding carboxylic acids is 4. The van der Waals surface area contributed by atoms with Gasteiger partial charge in [0.05, 0.1) is 38.5 Å². The molecule has 1 aromatic heterocycles. The van der Waals surface area contributed by atoms with Crippen LogP contribution in [0.25, 0.3) is 6.08 Å². The van der Waals surface area contributed by atoms with Crippen LogP contribution in [0.1, 0.15) is 35.1 Å². The fourth-order valence-electron chi connectivity index (χ4n) is 4.30. The van der Waals surface area contributed by atoms with E-state index in [-0.39, 0.29) is 35.9 Å². The van der Waals surface area contributed by atoms with Gasteiger partial charge in [0.1, 0.15) is 17.3 Å². The van der Waals surface area contributed by atoms with Gasteiger partial charge >= 0.3 is 17.8 Å². The number of carbonyl (C=O) groups is 4. The molecule has 0 radical (unpaired) electrons. The van der Waals surface area contributed by atoms with Crippen molar-refractivity contribution in [1.29, 1.82) is 0 Å². The van der Waals surface area contributed by atoms with E-state index in [2.05, 4.69) is 10.6 Å². The third kappa shape index (κ3) is 6.55. The second kappa shape index (κ2) is 12.4. The largest absolute Gasteiger partial charge is 0.497 e. The lowest BCUT2D eigenvalue weighted by molar-refractivity contribution is -0.136. The maximum absolute atomic E-state index is 13.4. The first-order valence-corrected chi connectivity index (χ1v) is 12.8. The van der Waals surface area contributed by atoms with Crippen LogP contribution < -0.4 is 15.4 Å². The van der Waals surface area contributed by atoms with E-state index in [9.17, 15) is 19.2 Å². The lowest BCUT2D eigenvalue weighted by atomic mass is 10.1. The molecular formula is C31H31N3O7. The van der Waals surface area contributed by atoms with Gasteiger partial charge in [0.15, 0.2) is 0 Å². The molecule has 0 bridgehead atoms. The highest BCUT2D eigenvalue weighted by atomic mass is 16.5. The van der Waals surface area contributed by atoms with E-state index in [1.54, 1.807) is 50.4 Å². The van der Waals surface area contributed by atoms with Crippen LogP contribution in [0.15, 0.2) is 75.9 Å². The Balaban J connectivity index is 1.45. The van der Waals surface area contributed by atoms with Gasteiger partial charge in [-0.1, -0.05) is 18.2 Å². The number of anilines is 1. The molecule has 10 nitrogen and oxygen atoms in total. The Morgan fingerprint density at radius 3 is 2.32 bits per heavy atom. The second-order valence-corrected chi connectivity index (χ2v) is 9.49. The molecule has 0 unspecified atom stereocenters. The fraction of sp³-hybridized carbons (Fsp3) is 0.226. The van der Waals surface area contributed by atoms with E-state index in [1.165, 1.54) is 18.1 Å². The van der Waals surface area contributed by atoms with Crippen LogP contribution in [0.3, 0.4) is 0 Å². The Hall–Kier alpha value is -5.12. The SMILES string of the molecule is COC(=O)C1=C(C)N(Cc2ccc(OC)cc2)C(=O)/C1=C/c1ccc(CNC(=O)C(=O)Nc2ccc(C)c(C)c2)o1. The third-order valence-corrected chi connectivity index (χ3v) is 6.76. The number of nitrogens with one attached hydrogen (secondary N) is 2. The Labute approximate surface area is 237 Å². The molecule has 1 aliphatic rings. The summed E-state index contributed by atoms with van der Waals surface area (Å²) in [5, 5.41) is 5.08. The lowest BCUT2D eigenvalue weighted by Gasteiger charge is -2.18. The third-order valence-electron chi connectivity index (χ3n) is 6.76. The minimum atomic E-state index is -0.828. The van der Waals surface area contributed by atoms with E-state index >= 15 is 0 Å². The fourth-order valence-corrected chi connectivity index (χ4v) is 4.30. The quantitative estimate of drug-likeness (QED) is 0.243. The van der Waals surface area contributed by atoms with Crippen LogP contribution >= 0.6 is 0 Å². The smallest absolute Gasteiger partial charge is 0.340 e. The highest BCUT2D eigenvalue weighted by Crippen LogP contribution is 2.33. The van der Waals surface area contributed by atoms with Crippen molar-refractivity contribution in [3.05, 3.63) is 99.7 Å². The summed E-state index contributed by atoms with van der Waals surface area (Å²) in [6.45, 7) is 5.74. The number of rotatable bonds is 8. The molecular weight excluding hydrogens is 526 g/mol. The molecule has 0 atom stereocenters. The number of esters is 1. The minimum absolute atomic E-state index is 0.0569. The van der Waals surface area contributed by atoms with Crippen LogP contribution in [0, 0.1) is 13.8 Å². The Morgan fingerprint density at radius 1 is 0.927 bits per heavy atom. The van der Waals surface area contributed by atoms with Gasteiger partial charge in [0.2, 0.25) is 0 Å². The van der Waals surface area contributed by atoms with Crippen molar-refractivity contribution in [3.63, 3.8) is 0 Å². The molecule has 0 saturated heterocycles. The van der Waals surface area contributed by atoms with Gasteiger partial charge in [-0.3, -0.25) is 14.4 Å². The Morgan fingerprint density at radius 2 is 1.66 bits per heavy atom. The summed E-state index contributed by atoms with van der Waals surface area (Å²) in [6, 6.07) is 15.9. The van der Waals surface area contributed by atoms with Crippen LogP contribution in [0.2, 0.25) is 0 Å². The van der Waals surface area contributed by atoms with Crippen LogP contribution in [0.5, 0.6) is 5.75 Å². The Bertz CT molecular complexity index is 1560. The molecule has 3 amide bonds. The van der Waals surface area contributed by atoms with Crippen molar-refractivity contribution in [1.82, 2.24) is 10.2 Å². The molecule has 41 heavy (non-hydrogen) atoms. The molecule has 0 fully saturated rings. The van der Waals surface area contributed by atoms with Crippen molar-refractivity contribution in [3.8, 4) is 5.75 Å². The molecule has 10 heteroatoms. The molecule has 1 aliphatic heterocycles. The first-order chi connectivity index (χ1) is 19.6. The normalized spacial score (nSPS) is 13.9. The topological polar surface area (TPSA) is 127 Å². The summed E-state index contributed by atoms with van der Waals surface area (Å²) in [7, 11) is 2.82. The number of furan rings is 1. The van der Waals surface area contributed by atoms with Crippen LogP contribution in [-0.2, 0) is 37.0 Å². The van der Waals surface area contributed by atoms with Crippen molar-refractivity contribution in [2.45, 2.75) is 33.9 Å². The minimum Gasteiger partial charge on any atom is -0.497 e. The zero-order valence-electron chi connectivity index (χ0n) is 23.5. The first kappa shape index (κ1) is 28.9. The summed E-state index contributed by atoms with van der Waals surface area (Å²) >= 11 is 0. The van der Waals surface area contributed by atoms with Crippen molar-refractivity contribution in [2.75, 3.05) is 19.5 Å². The van der Waals surface area contributed by atoms with E-state index in [4.69, 9.17) is 13.9 Å². The Kier molecular flexibility index (Phi) is 8.72. The predicted molar refractivity (Wildman–Crippen MR) is 151 cm³/mol. The van der Waals surface area contributed by atoms with Gasteiger partial charge in [-0.25, -0.2) is 4.79 Å². The van der Waals surface area contributed by atoms with Gasteiger partial charge in [-0.2, -0.15) is 0 Å². The molecule has 0 spiro atoms. The zero-order chi connectivity index (χ0) is 29.7. The summed E-state index contributed by atoms with van der Waals surface area (Å²) in [6.07, 6.45) is 1.46. The van der Waals surface area contributed by atoms with E-state index < -0.39 is 17.8 Å². The number of nitrogens with zero attached hydrogens (tertiary/aromatic N) is 1. The monoisotopic (exact) mass is 557 g/mol. The second-order valence-electron chi connectivity index (χ2n) is 9.49. The summed E-state index contributed by atoms with van der Waals surface area (Å²) < 4.78 is 15.9. The lowest BCUT2D eigenvalue weighted by Crippen LogP contribution is -2.34. The number of benzene rings is 2. The number of amides is 3. The maximum Gasteiger partial charge on any atom is 0.340 e. The van der Waals surface area contributed by atoms with Crippen LogP contribution in [-0.4, -0.2) is 42.8 Å². The summed E-state index contributed by atoms with van der Waals surface area (Å²) in [4.78, 5) is 52.1. The molecule has 0 saturated carbocycles. The average molecular weight is 558 g/mol. The highest BCUT2D eigenvalue weighted by Gasteiger charge is 2.37. The molecule has 4 rings (SSSR count). The highest BCUT2D eigenvalue weighted by molar-refractivity contribution is 6.39. The van der Waals surface area contributed by atoms with E-state index in [1.807, 2.05) is 32.0 Å². The van der Waals surface area contributed by atoms with Gasteiger partial charge in [-0.05, 0) is 79.9 Å². The molecule has 2 aromatic carbocycles. The number of methoxy groups -OCH3 is 2. The van der Waals surface area contributed by atoms with Gasteiger partial charge in [0.25, 0.3) is 5.91 Å². The van der Waals surface area contributed by atoms with Gasteiger partial charge < -0.3 is 29.4 Å². The molecule has 2 N–H and O–H groups in total. The van der Waals surface area contributed by atoms with Crippen molar-refractivity contribution < 1.29 is 33.1 Å². The summed E-state index contributed by atoms with van der Waals surface area (Å²) in [5.74, 6) is -1.33. The molecule has 3 aromatic rings. The van der Waals surface area contributed by atoms with Crippen molar-refractivity contribution in [2.24, 2.45) is 0 Å². The molecule has 0 aliphatic carbocycles. The van der Waals surface area contributed by atoms with Crippen LogP contribution in [0.4, 0.5) is 5.69 Å². The maximum atomic E-state index is 13.4. The zero-order valence-corrected chi connectivity index (χ0v) is 23.5. The van der Waals surface area contributed by atoms with Gasteiger partial charge in [-0.15, -0.1) is 0 Å². The number of ether oxygens (including phenoxy) is 2. The van der Waals surface area contributed by atoms with Crippen molar-refractivity contribution >= 4 is 35.5 Å². The molecule has 2 heterocycles. The van der Waals surface area contributed by atoms with Gasteiger partial charge in [0, 0.05) is 11.4 Å². The number of aryl methyl sites for hydroxylation is 2.